The third kappa shape index (κ3) is 6.33. The molecule has 1 unspecified atom stereocenters. The number of hydrogen-bond acceptors (Lipinski definition) is 4. The van der Waals surface area contributed by atoms with Gasteiger partial charge in [0.15, 0.2) is 5.96 Å². The quantitative estimate of drug-likeness (QED) is 0.376. The summed E-state index contributed by atoms with van der Waals surface area (Å²) in [6, 6.07) is 19.8. The maximum absolute atomic E-state index is 12.1. The van der Waals surface area contributed by atoms with Gasteiger partial charge in [0.25, 0.3) is 0 Å². The molecule has 6 nitrogen and oxygen atoms in total. The number of carbonyl (C=O) groups excluding carboxylic acids is 1. The summed E-state index contributed by atoms with van der Waals surface area (Å²) in [5.41, 5.74) is 0.797. The lowest BCUT2D eigenvalue weighted by Gasteiger charge is -2.34. The van der Waals surface area contributed by atoms with Gasteiger partial charge in [-0.1, -0.05) is 60.7 Å². The Morgan fingerprint density at radius 2 is 1.72 bits per heavy atom. The van der Waals surface area contributed by atoms with Crippen LogP contribution in [-0.4, -0.2) is 54.7 Å². The Balaban J connectivity index is 1.76. The number of likely N-dealkylation sites (tertiary alicyclic amines) is 1. The number of piperidine rings is 1. The van der Waals surface area contributed by atoms with Gasteiger partial charge in [-0.3, -0.25) is 4.79 Å². The average Bonchev–Trinajstić information content (AvgIpc) is 2.83. The van der Waals surface area contributed by atoms with Crippen LogP contribution in [0.2, 0.25) is 0 Å². The molecule has 1 saturated heterocycles. The second-order valence-electron chi connectivity index (χ2n) is 8.24. The van der Waals surface area contributed by atoms with Crippen molar-refractivity contribution in [1.29, 1.82) is 0 Å². The van der Waals surface area contributed by atoms with Gasteiger partial charge < -0.3 is 20.1 Å². The summed E-state index contributed by atoms with van der Waals surface area (Å²) < 4.78 is 5.19. The van der Waals surface area contributed by atoms with Gasteiger partial charge >= 0.3 is 5.97 Å². The Morgan fingerprint density at radius 1 is 1.09 bits per heavy atom. The molecular formula is C26H35N3O3. The van der Waals surface area contributed by atoms with Crippen molar-refractivity contribution in [3.8, 4) is 0 Å². The lowest BCUT2D eigenvalue weighted by molar-refractivity contribution is -0.149. The fraction of sp³-hybridized carbons (Fsp3) is 0.462. The minimum Gasteiger partial charge on any atom is -0.466 e. The minimum atomic E-state index is -1.12. The molecule has 0 aromatic heterocycles. The number of ether oxygens (including phenoxy) is 1. The number of aliphatic hydroxyl groups is 1. The summed E-state index contributed by atoms with van der Waals surface area (Å²) in [4.78, 5) is 19.1. The molecular weight excluding hydrogens is 402 g/mol. The molecule has 1 aliphatic heterocycles. The summed E-state index contributed by atoms with van der Waals surface area (Å²) in [6.07, 6.45) is 1.97. The smallest absolute Gasteiger partial charge is 0.309 e. The average molecular weight is 438 g/mol. The van der Waals surface area contributed by atoms with E-state index >= 15 is 0 Å². The van der Waals surface area contributed by atoms with Crippen LogP contribution in [-0.2, 0) is 21.6 Å². The molecule has 1 fully saturated rings. The number of carbonyl (C=O) groups is 1. The predicted octanol–water partition coefficient (Wildman–Crippen LogP) is 3.36. The van der Waals surface area contributed by atoms with Gasteiger partial charge in [0, 0.05) is 26.1 Å². The van der Waals surface area contributed by atoms with E-state index in [2.05, 4.69) is 10.2 Å². The minimum absolute atomic E-state index is 0.0478. The zero-order chi connectivity index (χ0) is 22.8. The third-order valence-corrected chi connectivity index (χ3v) is 5.89. The third-order valence-electron chi connectivity index (χ3n) is 5.89. The monoisotopic (exact) mass is 437 g/mol. The van der Waals surface area contributed by atoms with E-state index in [1.165, 1.54) is 0 Å². The second kappa shape index (κ2) is 11.7. The van der Waals surface area contributed by atoms with Crippen LogP contribution < -0.4 is 5.32 Å². The number of nitrogens with zero attached hydrogens (tertiary/aromatic N) is 2. The highest BCUT2D eigenvalue weighted by atomic mass is 16.5. The molecule has 0 spiro atoms. The lowest BCUT2D eigenvalue weighted by atomic mass is 9.87. The Bertz CT molecular complexity index is 864. The van der Waals surface area contributed by atoms with Gasteiger partial charge in [0.2, 0.25) is 0 Å². The van der Waals surface area contributed by atoms with E-state index in [9.17, 15) is 9.90 Å². The van der Waals surface area contributed by atoms with E-state index in [0.717, 1.165) is 49.6 Å². The first-order valence-electron chi connectivity index (χ1n) is 11.6. The second-order valence-corrected chi connectivity index (χ2v) is 8.24. The molecule has 1 atom stereocenters. The molecule has 0 bridgehead atoms. The van der Waals surface area contributed by atoms with Crippen LogP contribution in [0.5, 0.6) is 0 Å². The topological polar surface area (TPSA) is 74.2 Å². The van der Waals surface area contributed by atoms with Crippen molar-refractivity contribution in [2.45, 2.75) is 38.7 Å². The Kier molecular flexibility index (Phi) is 8.68. The van der Waals surface area contributed by atoms with Crippen LogP contribution in [0, 0.1) is 5.92 Å². The molecule has 1 heterocycles. The molecule has 0 radical (unpaired) electrons. The summed E-state index contributed by atoms with van der Waals surface area (Å²) >= 11 is 0. The van der Waals surface area contributed by atoms with Gasteiger partial charge in [-0.2, -0.15) is 0 Å². The van der Waals surface area contributed by atoms with Crippen LogP contribution in [0.4, 0.5) is 0 Å². The Morgan fingerprint density at radius 3 is 2.31 bits per heavy atom. The van der Waals surface area contributed by atoms with Gasteiger partial charge in [-0.15, -0.1) is 0 Å². The van der Waals surface area contributed by atoms with E-state index in [0.29, 0.717) is 13.0 Å². The standard InChI is InChI=1S/C26H35N3O3/c1-3-27-25(29-17-15-22(16-18-29)24(30)32-4-2)28-20-26(31,23-13-9-6-10-14-23)19-21-11-7-5-8-12-21/h5-14,22,31H,3-4,15-20H2,1-2H3,(H,27,28). The van der Waals surface area contributed by atoms with Crippen LogP contribution in [0.25, 0.3) is 0 Å². The number of nitrogens with one attached hydrogen (secondary N) is 1. The summed E-state index contributed by atoms with van der Waals surface area (Å²) in [6.45, 7) is 6.74. The maximum atomic E-state index is 12.1. The zero-order valence-corrected chi connectivity index (χ0v) is 19.2. The largest absolute Gasteiger partial charge is 0.466 e. The predicted molar refractivity (Wildman–Crippen MR) is 127 cm³/mol. The fourth-order valence-electron chi connectivity index (χ4n) is 4.15. The molecule has 2 aromatic carbocycles. The van der Waals surface area contributed by atoms with Gasteiger partial charge in [-0.25, -0.2) is 4.99 Å². The number of rotatable bonds is 8. The van der Waals surface area contributed by atoms with Crippen molar-refractivity contribution in [3.05, 3.63) is 71.8 Å². The van der Waals surface area contributed by atoms with E-state index in [4.69, 9.17) is 9.73 Å². The first-order valence-corrected chi connectivity index (χ1v) is 11.6. The molecule has 2 N–H and O–H groups in total. The summed E-state index contributed by atoms with van der Waals surface area (Å²) in [5, 5.41) is 15.1. The Labute approximate surface area is 191 Å². The highest BCUT2D eigenvalue weighted by Crippen LogP contribution is 2.27. The number of guanidine groups is 1. The number of hydrogen-bond donors (Lipinski definition) is 2. The maximum Gasteiger partial charge on any atom is 0.309 e. The van der Waals surface area contributed by atoms with E-state index in [-0.39, 0.29) is 18.4 Å². The van der Waals surface area contributed by atoms with Crippen LogP contribution >= 0.6 is 0 Å². The summed E-state index contributed by atoms with van der Waals surface area (Å²) in [5.74, 6) is 0.626. The molecule has 0 aliphatic carbocycles. The van der Waals surface area contributed by atoms with Crippen molar-refractivity contribution in [2.75, 3.05) is 32.8 Å². The fourth-order valence-corrected chi connectivity index (χ4v) is 4.15. The van der Waals surface area contributed by atoms with Crippen molar-refractivity contribution < 1.29 is 14.6 Å². The first kappa shape index (κ1) is 23.8. The normalized spacial score (nSPS) is 17.0. The number of esters is 1. The summed E-state index contributed by atoms with van der Waals surface area (Å²) in [7, 11) is 0. The SMILES string of the molecule is CCNC(=NCC(O)(Cc1ccccc1)c1ccccc1)N1CCC(C(=O)OCC)CC1. The highest BCUT2D eigenvalue weighted by Gasteiger charge is 2.31. The molecule has 0 amide bonds. The highest BCUT2D eigenvalue weighted by molar-refractivity contribution is 5.80. The van der Waals surface area contributed by atoms with E-state index < -0.39 is 5.60 Å². The van der Waals surface area contributed by atoms with Gasteiger partial charge in [-0.05, 0) is 37.8 Å². The number of aliphatic imine (C=N–C) groups is 1. The molecule has 0 saturated carbocycles. The van der Waals surface area contributed by atoms with Gasteiger partial charge in [0.1, 0.15) is 5.60 Å². The van der Waals surface area contributed by atoms with E-state index in [1.54, 1.807) is 0 Å². The molecule has 6 heteroatoms. The van der Waals surface area contributed by atoms with Crippen LogP contribution in [0.1, 0.15) is 37.8 Å². The van der Waals surface area contributed by atoms with Crippen molar-refractivity contribution in [1.82, 2.24) is 10.2 Å². The van der Waals surface area contributed by atoms with Crippen molar-refractivity contribution >= 4 is 11.9 Å². The Hall–Kier alpha value is -2.86. The zero-order valence-electron chi connectivity index (χ0n) is 19.2. The van der Waals surface area contributed by atoms with Gasteiger partial charge in [0.05, 0.1) is 19.1 Å². The first-order chi connectivity index (χ1) is 15.6. The molecule has 1 aliphatic rings. The van der Waals surface area contributed by atoms with Crippen molar-refractivity contribution in [2.24, 2.45) is 10.9 Å². The molecule has 172 valence electrons. The molecule has 2 aromatic rings. The van der Waals surface area contributed by atoms with Crippen molar-refractivity contribution in [3.63, 3.8) is 0 Å². The molecule has 32 heavy (non-hydrogen) atoms. The van der Waals surface area contributed by atoms with Crippen LogP contribution in [0.15, 0.2) is 65.7 Å². The van der Waals surface area contributed by atoms with Crippen LogP contribution in [0.3, 0.4) is 0 Å². The van der Waals surface area contributed by atoms with E-state index in [1.807, 2.05) is 74.5 Å². The molecule has 3 rings (SSSR count). The number of benzene rings is 2. The lowest BCUT2D eigenvalue weighted by Crippen LogP contribution is -2.47.